The molecule has 4 nitrogen and oxygen atoms in total. The standard InChI is InChI=1S/C14H14N2O2/c1-9-12(6-7-15)13-8-11(18-3)4-5-14(13)16(9)10(2)17/h4-5,8H,6H2,1-3H3. The molecule has 1 aromatic carbocycles. The second-order valence-corrected chi connectivity index (χ2v) is 4.14. The minimum absolute atomic E-state index is 0.0492. The van der Waals surface area contributed by atoms with Crippen LogP contribution in [0.1, 0.15) is 23.0 Å². The topological polar surface area (TPSA) is 55.0 Å². The Morgan fingerprint density at radius 1 is 1.50 bits per heavy atom. The molecule has 0 N–H and O–H groups in total. The fraction of sp³-hybridized carbons (Fsp3) is 0.286. The number of ether oxygens (including phenoxy) is 1. The zero-order chi connectivity index (χ0) is 13.3. The van der Waals surface area contributed by atoms with Crippen LogP contribution >= 0.6 is 0 Å². The Labute approximate surface area is 105 Å². The van der Waals surface area contributed by atoms with Gasteiger partial charge in [-0.3, -0.25) is 9.36 Å². The van der Waals surface area contributed by atoms with Gasteiger partial charge in [-0.1, -0.05) is 0 Å². The minimum atomic E-state index is -0.0492. The molecule has 0 unspecified atom stereocenters. The minimum Gasteiger partial charge on any atom is -0.497 e. The van der Waals surface area contributed by atoms with Gasteiger partial charge in [0.2, 0.25) is 5.91 Å². The molecule has 0 aliphatic heterocycles. The van der Waals surface area contributed by atoms with Gasteiger partial charge in [-0.25, -0.2) is 0 Å². The van der Waals surface area contributed by atoms with Crippen LogP contribution in [0.25, 0.3) is 10.9 Å². The van der Waals surface area contributed by atoms with Gasteiger partial charge in [-0.05, 0) is 30.7 Å². The number of carbonyl (C=O) groups is 1. The lowest BCUT2D eigenvalue weighted by atomic mass is 10.1. The van der Waals surface area contributed by atoms with Gasteiger partial charge in [0.15, 0.2) is 0 Å². The van der Waals surface area contributed by atoms with Crippen molar-refractivity contribution < 1.29 is 9.53 Å². The monoisotopic (exact) mass is 242 g/mol. The number of benzene rings is 1. The van der Waals surface area contributed by atoms with E-state index in [1.54, 1.807) is 11.7 Å². The molecule has 18 heavy (non-hydrogen) atoms. The molecule has 0 bridgehead atoms. The van der Waals surface area contributed by atoms with Gasteiger partial charge in [0.1, 0.15) is 5.75 Å². The zero-order valence-electron chi connectivity index (χ0n) is 10.7. The Balaban J connectivity index is 2.84. The molecule has 0 radical (unpaired) electrons. The maximum absolute atomic E-state index is 11.7. The lowest BCUT2D eigenvalue weighted by Gasteiger charge is -2.03. The third-order valence-corrected chi connectivity index (χ3v) is 3.11. The summed E-state index contributed by atoms with van der Waals surface area (Å²) >= 11 is 0. The van der Waals surface area contributed by atoms with Gasteiger partial charge < -0.3 is 4.74 Å². The predicted octanol–water partition coefficient (Wildman–Crippen LogP) is 2.68. The molecule has 0 fully saturated rings. The van der Waals surface area contributed by atoms with E-state index in [0.29, 0.717) is 0 Å². The van der Waals surface area contributed by atoms with Crippen molar-refractivity contribution in [1.82, 2.24) is 4.57 Å². The van der Waals surface area contributed by atoms with E-state index in [1.807, 2.05) is 25.1 Å². The first-order valence-electron chi connectivity index (χ1n) is 5.66. The van der Waals surface area contributed by atoms with Crippen molar-refractivity contribution in [1.29, 1.82) is 5.26 Å². The molecular weight excluding hydrogens is 228 g/mol. The maximum Gasteiger partial charge on any atom is 0.228 e. The van der Waals surface area contributed by atoms with Crippen LogP contribution < -0.4 is 4.74 Å². The van der Waals surface area contributed by atoms with E-state index in [-0.39, 0.29) is 12.3 Å². The van der Waals surface area contributed by atoms with Crippen molar-refractivity contribution >= 4 is 16.8 Å². The van der Waals surface area contributed by atoms with E-state index >= 15 is 0 Å². The highest BCUT2D eigenvalue weighted by atomic mass is 16.5. The second-order valence-electron chi connectivity index (χ2n) is 4.14. The highest BCUT2D eigenvalue weighted by Crippen LogP contribution is 2.29. The van der Waals surface area contributed by atoms with E-state index < -0.39 is 0 Å². The molecule has 1 heterocycles. The van der Waals surface area contributed by atoms with Crippen molar-refractivity contribution in [2.24, 2.45) is 0 Å². The average molecular weight is 242 g/mol. The molecule has 2 rings (SSSR count). The van der Waals surface area contributed by atoms with Crippen LogP contribution in [-0.4, -0.2) is 17.6 Å². The molecule has 1 aromatic heterocycles. The highest BCUT2D eigenvalue weighted by molar-refractivity contribution is 5.96. The van der Waals surface area contributed by atoms with Crippen molar-refractivity contribution in [3.05, 3.63) is 29.5 Å². The van der Waals surface area contributed by atoms with Crippen LogP contribution in [0.2, 0.25) is 0 Å². The van der Waals surface area contributed by atoms with Crippen LogP contribution in [0.4, 0.5) is 0 Å². The van der Waals surface area contributed by atoms with Gasteiger partial charge in [0, 0.05) is 18.0 Å². The summed E-state index contributed by atoms with van der Waals surface area (Å²) in [6.45, 7) is 3.38. The van der Waals surface area contributed by atoms with Gasteiger partial charge in [-0.2, -0.15) is 5.26 Å². The summed E-state index contributed by atoms with van der Waals surface area (Å²) in [5, 5.41) is 9.81. The lowest BCUT2D eigenvalue weighted by Crippen LogP contribution is -2.07. The molecule has 0 aliphatic carbocycles. The van der Waals surface area contributed by atoms with Crippen LogP contribution in [0.3, 0.4) is 0 Å². The van der Waals surface area contributed by atoms with Crippen molar-refractivity contribution in [3.8, 4) is 11.8 Å². The van der Waals surface area contributed by atoms with E-state index in [1.165, 1.54) is 6.92 Å². The van der Waals surface area contributed by atoms with Crippen molar-refractivity contribution in [2.45, 2.75) is 20.3 Å². The quantitative estimate of drug-likeness (QED) is 0.813. The molecule has 0 saturated heterocycles. The third-order valence-electron chi connectivity index (χ3n) is 3.11. The smallest absolute Gasteiger partial charge is 0.228 e. The van der Waals surface area contributed by atoms with Crippen molar-refractivity contribution in [2.75, 3.05) is 7.11 Å². The number of aromatic nitrogens is 1. The Bertz CT molecular complexity index is 662. The summed E-state index contributed by atoms with van der Waals surface area (Å²) in [6, 6.07) is 7.68. The number of carbonyl (C=O) groups excluding carboxylic acids is 1. The van der Waals surface area contributed by atoms with Crippen LogP contribution in [0.15, 0.2) is 18.2 Å². The van der Waals surface area contributed by atoms with Gasteiger partial charge in [0.05, 0.1) is 25.1 Å². The van der Waals surface area contributed by atoms with E-state index in [9.17, 15) is 4.79 Å². The van der Waals surface area contributed by atoms with Gasteiger partial charge in [-0.15, -0.1) is 0 Å². The SMILES string of the molecule is COc1ccc2c(c1)c(CC#N)c(C)n2C(C)=O. The Hall–Kier alpha value is -2.28. The summed E-state index contributed by atoms with van der Waals surface area (Å²) < 4.78 is 6.83. The van der Waals surface area contributed by atoms with Gasteiger partial charge in [0.25, 0.3) is 0 Å². The number of hydrogen-bond acceptors (Lipinski definition) is 3. The molecule has 0 aliphatic rings. The molecule has 0 amide bonds. The molecule has 0 atom stereocenters. The highest BCUT2D eigenvalue weighted by Gasteiger charge is 2.16. The number of hydrogen-bond donors (Lipinski definition) is 0. The Morgan fingerprint density at radius 2 is 2.22 bits per heavy atom. The summed E-state index contributed by atoms with van der Waals surface area (Å²) in [7, 11) is 1.60. The summed E-state index contributed by atoms with van der Waals surface area (Å²) in [5.41, 5.74) is 2.54. The average Bonchev–Trinajstić information content (AvgIpc) is 2.62. The Morgan fingerprint density at radius 3 is 2.78 bits per heavy atom. The molecule has 2 aromatic rings. The van der Waals surface area contributed by atoms with E-state index in [2.05, 4.69) is 6.07 Å². The third kappa shape index (κ3) is 1.74. The molecule has 4 heteroatoms. The zero-order valence-corrected chi connectivity index (χ0v) is 10.7. The summed E-state index contributed by atoms with van der Waals surface area (Å²) in [5.74, 6) is 0.675. The molecular formula is C14H14N2O2. The first-order chi connectivity index (χ1) is 8.60. The normalized spacial score (nSPS) is 10.3. The van der Waals surface area contributed by atoms with E-state index in [0.717, 1.165) is 27.9 Å². The largest absolute Gasteiger partial charge is 0.497 e. The second kappa shape index (κ2) is 4.53. The first kappa shape index (κ1) is 12.2. The Kier molecular flexibility index (Phi) is 3.07. The number of nitrogens with zero attached hydrogens (tertiary/aromatic N) is 2. The number of rotatable bonds is 2. The number of methoxy groups -OCH3 is 1. The number of fused-ring (bicyclic) bond motifs is 1. The molecule has 0 saturated carbocycles. The first-order valence-corrected chi connectivity index (χ1v) is 5.66. The molecule has 92 valence electrons. The van der Waals surface area contributed by atoms with E-state index in [4.69, 9.17) is 10.00 Å². The predicted molar refractivity (Wildman–Crippen MR) is 68.8 cm³/mol. The summed E-state index contributed by atoms with van der Waals surface area (Å²) in [4.78, 5) is 11.7. The van der Waals surface area contributed by atoms with Gasteiger partial charge >= 0.3 is 0 Å². The fourth-order valence-electron chi connectivity index (χ4n) is 2.30. The van der Waals surface area contributed by atoms with Crippen LogP contribution in [0, 0.1) is 18.3 Å². The van der Waals surface area contributed by atoms with Crippen LogP contribution in [-0.2, 0) is 6.42 Å². The molecule has 0 spiro atoms. The fourth-order valence-corrected chi connectivity index (χ4v) is 2.30. The maximum atomic E-state index is 11.7. The summed E-state index contributed by atoms with van der Waals surface area (Å²) in [6.07, 6.45) is 0.287. The van der Waals surface area contributed by atoms with Crippen LogP contribution in [0.5, 0.6) is 5.75 Å². The van der Waals surface area contributed by atoms with Crippen molar-refractivity contribution in [3.63, 3.8) is 0 Å². The lowest BCUT2D eigenvalue weighted by molar-refractivity contribution is 0.0939. The number of nitriles is 1.